The van der Waals surface area contributed by atoms with Gasteiger partial charge in [0.25, 0.3) is 0 Å². The van der Waals surface area contributed by atoms with Gasteiger partial charge in [0.2, 0.25) is 0 Å². The van der Waals surface area contributed by atoms with E-state index in [0.717, 1.165) is 67.1 Å². The Morgan fingerprint density at radius 1 is 1.09 bits per heavy atom. The lowest BCUT2D eigenvalue weighted by atomic mass is 9.87. The molecule has 0 amide bonds. The van der Waals surface area contributed by atoms with Gasteiger partial charge >= 0.3 is 0 Å². The summed E-state index contributed by atoms with van der Waals surface area (Å²) in [4.78, 5) is 14.7. The minimum atomic E-state index is 0.405. The topological polar surface area (TPSA) is 81.7 Å². The Bertz CT molecular complexity index is 1230. The largest absolute Gasteiger partial charge is 0.399 e. The van der Waals surface area contributed by atoms with Gasteiger partial charge in [0, 0.05) is 55.5 Å². The summed E-state index contributed by atoms with van der Waals surface area (Å²) in [5.41, 5.74) is 4.79. The number of nitrogens with zero attached hydrogens (tertiary/aromatic N) is 6. The zero-order valence-corrected chi connectivity index (χ0v) is 20.0. The van der Waals surface area contributed by atoms with E-state index in [1.165, 1.54) is 5.69 Å². The Morgan fingerprint density at radius 3 is 2.44 bits per heavy atom. The minimum absolute atomic E-state index is 0.405. The number of pyridine rings is 1. The Morgan fingerprint density at radius 2 is 1.79 bits per heavy atom. The first-order chi connectivity index (χ1) is 16.6. The van der Waals surface area contributed by atoms with Gasteiger partial charge in [-0.3, -0.25) is 0 Å². The first-order valence-electron chi connectivity index (χ1n) is 11.9. The van der Waals surface area contributed by atoms with Crippen LogP contribution in [0, 0.1) is 11.3 Å². The molecule has 3 heterocycles. The van der Waals surface area contributed by atoms with Crippen LogP contribution in [0.15, 0.2) is 47.8 Å². The summed E-state index contributed by atoms with van der Waals surface area (Å²) in [6, 6.07) is 15.9. The summed E-state index contributed by atoms with van der Waals surface area (Å²) < 4.78 is 2.22. The molecule has 8 heteroatoms. The van der Waals surface area contributed by atoms with Gasteiger partial charge in [-0.25, -0.2) is 4.98 Å². The SMILES string of the molecule is CN[C@H]1C[C@H](n2cc(C#N)c3ccc(N4CCN(c5ccc(/C(C)=N/OC)cc5)CC4)nc32)C1. The van der Waals surface area contributed by atoms with Crippen LogP contribution in [0.4, 0.5) is 11.5 Å². The molecule has 0 spiro atoms. The van der Waals surface area contributed by atoms with Gasteiger partial charge in [0.05, 0.1) is 11.3 Å². The molecular weight excluding hydrogens is 426 g/mol. The van der Waals surface area contributed by atoms with Crippen molar-refractivity contribution in [1.29, 1.82) is 5.26 Å². The molecule has 1 saturated carbocycles. The molecule has 0 radical (unpaired) electrons. The number of rotatable bonds is 6. The lowest BCUT2D eigenvalue weighted by molar-refractivity contribution is 0.213. The number of nitriles is 1. The zero-order chi connectivity index (χ0) is 23.7. The van der Waals surface area contributed by atoms with Gasteiger partial charge in [0.15, 0.2) is 0 Å². The fourth-order valence-electron chi connectivity index (χ4n) is 5.01. The Hall–Kier alpha value is -3.57. The highest BCUT2D eigenvalue weighted by Gasteiger charge is 2.31. The van der Waals surface area contributed by atoms with Crippen LogP contribution in [0.1, 0.15) is 36.9 Å². The number of aromatic nitrogens is 2. The van der Waals surface area contributed by atoms with Crippen molar-refractivity contribution in [3.63, 3.8) is 0 Å². The van der Waals surface area contributed by atoms with E-state index in [0.29, 0.717) is 17.6 Å². The highest BCUT2D eigenvalue weighted by molar-refractivity contribution is 5.98. The van der Waals surface area contributed by atoms with Crippen LogP contribution in [0.5, 0.6) is 0 Å². The molecule has 5 rings (SSSR count). The van der Waals surface area contributed by atoms with E-state index in [-0.39, 0.29) is 0 Å². The van der Waals surface area contributed by atoms with Crippen LogP contribution in [-0.2, 0) is 4.84 Å². The maximum atomic E-state index is 9.62. The minimum Gasteiger partial charge on any atom is -0.399 e. The third-order valence-corrected chi connectivity index (χ3v) is 7.18. The predicted molar refractivity (Wildman–Crippen MR) is 136 cm³/mol. The smallest absolute Gasteiger partial charge is 0.143 e. The summed E-state index contributed by atoms with van der Waals surface area (Å²) in [5, 5.41) is 17.9. The molecule has 2 aromatic heterocycles. The van der Waals surface area contributed by atoms with Gasteiger partial charge in [-0.05, 0) is 56.6 Å². The molecule has 0 atom stereocenters. The van der Waals surface area contributed by atoms with E-state index in [4.69, 9.17) is 9.82 Å². The molecule has 8 nitrogen and oxygen atoms in total. The van der Waals surface area contributed by atoms with Crippen molar-refractivity contribution in [2.45, 2.75) is 31.8 Å². The molecule has 2 fully saturated rings. The van der Waals surface area contributed by atoms with E-state index in [9.17, 15) is 5.26 Å². The normalized spacial score (nSPS) is 20.8. The van der Waals surface area contributed by atoms with Gasteiger partial charge in [0.1, 0.15) is 24.6 Å². The first-order valence-corrected chi connectivity index (χ1v) is 11.9. The second kappa shape index (κ2) is 9.35. The van der Waals surface area contributed by atoms with Gasteiger partial charge in [-0.15, -0.1) is 0 Å². The standard InChI is InChI=1S/C26H31N7O/c1-18(30-34-3)19-4-6-22(7-5-19)31-10-12-32(13-11-31)25-9-8-24-20(16-27)17-33(26(24)29-25)23-14-21(15-23)28-2/h4-9,17,21,23,28H,10-15H2,1-3H3/b30-18+/t21-,23-. The third kappa shape index (κ3) is 4.08. The lowest BCUT2D eigenvalue weighted by Gasteiger charge is -2.37. The summed E-state index contributed by atoms with van der Waals surface area (Å²) in [6.45, 7) is 5.62. The Kier molecular flexibility index (Phi) is 6.12. The van der Waals surface area contributed by atoms with Crippen LogP contribution < -0.4 is 15.1 Å². The fourth-order valence-corrected chi connectivity index (χ4v) is 5.01. The molecule has 1 aliphatic carbocycles. The molecule has 2 aliphatic rings. The molecule has 0 bridgehead atoms. The maximum absolute atomic E-state index is 9.62. The fraction of sp³-hybridized carbons (Fsp3) is 0.423. The summed E-state index contributed by atoms with van der Waals surface area (Å²) in [5.74, 6) is 0.988. The average Bonchev–Trinajstić information content (AvgIpc) is 3.21. The Balaban J connectivity index is 1.30. The number of piperazine rings is 1. The molecule has 176 valence electrons. The monoisotopic (exact) mass is 457 g/mol. The Labute approximate surface area is 200 Å². The van der Waals surface area contributed by atoms with Crippen molar-refractivity contribution in [2.75, 3.05) is 50.1 Å². The summed E-state index contributed by atoms with van der Waals surface area (Å²) >= 11 is 0. The highest BCUT2D eigenvalue weighted by atomic mass is 16.6. The van der Waals surface area contributed by atoms with E-state index in [2.05, 4.69) is 67.3 Å². The maximum Gasteiger partial charge on any atom is 0.143 e. The number of oxime groups is 1. The van der Waals surface area contributed by atoms with Gasteiger partial charge in [-0.2, -0.15) is 5.26 Å². The summed E-state index contributed by atoms with van der Waals surface area (Å²) in [6.07, 6.45) is 4.13. The van der Waals surface area contributed by atoms with Crippen molar-refractivity contribution in [1.82, 2.24) is 14.9 Å². The molecular formula is C26H31N7O. The van der Waals surface area contributed by atoms with Crippen LogP contribution in [-0.4, -0.2) is 61.6 Å². The number of hydrogen-bond donors (Lipinski definition) is 1. The number of nitrogens with one attached hydrogen (secondary N) is 1. The van der Waals surface area contributed by atoms with E-state index >= 15 is 0 Å². The van der Waals surface area contributed by atoms with Crippen molar-refractivity contribution in [3.05, 3.63) is 53.7 Å². The molecule has 1 N–H and O–H groups in total. The van der Waals surface area contributed by atoms with Crippen molar-refractivity contribution in [3.8, 4) is 6.07 Å². The van der Waals surface area contributed by atoms with Crippen LogP contribution in [0.2, 0.25) is 0 Å². The number of hydrogen-bond acceptors (Lipinski definition) is 7. The summed E-state index contributed by atoms with van der Waals surface area (Å²) in [7, 11) is 3.58. The van der Waals surface area contributed by atoms with Gasteiger partial charge in [-0.1, -0.05) is 17.3 Å². The second-order valence-electron chi connectivity index (χ2n) is 9.09. The van der Waals surface area contributed by atoms with Crippen molar-refractivity contribution >= 4 is 28.3 Å². The average molecular weight is 458 g/mol. The van der Waals surface area contributed by atoms with Crippen molar-refractivity contribution in [2.24, 2.45) is 5.16 Å². The van der Waals surface area contributed by atoms with Crippen molar-refractivity contribution < 1.29 is 4.84 Å². The predicted octanol–water partition coefficient (Wildman–Crippen LogP) is 3.53. The number of benzene rings is 1. The quantitative estimate of drug-likeness (QED) is 0.451. The molecule has 3 aromatic rings. The van der Waals surface area contributed by atoms with Crippen LogP contribution in [0.3, 0.4) is 0 Å². The second-order valence-corrected chi connectivity index (χ2v) is 9.09. The van der Waals surface area contributed by atoms with Gasteiger partial charge < -0.3 is 24.5 Å². The number of anilines is 2. The lowest BCUT2D eigenvalue weighted by Crippen LogP contribution is -2.46. The highest BCUT2D eigenvalue weighted by Crippen LogP contribution is 2.36. The molecule has 1 aromatic carbocycles. The van der Waals surface area contributed by atoms with E-state index in [1.54, 1.807) is 7.11 Å². The first kappa shape index (κ1) is 22.2. The van der Waals surface area contributed by atoms with Crippen LogP contribution >= 0.6 is 0 Å². The van der Waals surface area contributed by atoms with E-state index in [1.807, 2.05) is 20.2 Å². The van der Waals surface area contributed by atoms with E-state index < -0.39 is 0 Å². The molecule has 1 saturated heterocycles. The molecule has 0 unspecified atom stereocenters. The number of fused-ring (bicyclic) bond motifs is 1. The zero-order valence-electron chi connectivity index (χ0n) is 20.0. The molecule has 1 aliphatic heterocycles. The van der Waals surface area contributed by atoms with Crippen LogP contribution in [0.25, 0.3) is 11.0 Å². The molecule has 34 heavy (non-hydrogen) atoms. The third-order valence-electron chi connectivity index (χ3n) is 7.18.